The summed E-state index contributed by atoms with van der Waals surface area (Å²) in [5.74, 6) is 1.79. The Morgan fingerprint density at radius 3 is 2.69 bits per heavy atom. The average molecular weight is 223 g/mol. The maximum absolute atomic E-state index is 12.1. The van der Waals surface area contributed by atoms with Gasteiger partial charge in [0.05, 0.1) is 0 Å². The number of nitrogens with one attached hydrogen (secondary N) is 1. The lowest BCUT2D eigenvalue weighted by molar-refractivity contribution is -0.123. The van der Waals surface area contributed by atoms with Crippen LogP contribution in [0.5, 0.6) is 0 Å². The van der Waals surface area contributed by atoms with Gasteiger partial charge in [-0.05, 0) is 38.1 Å². The number of piperidine rings is 1. The van der Waals surface area contributed by atoms with Crippen LogP contribution in [0.25, 0.3) is 0 Å². The van der Waals surface area contributed by atoms with Gasteiger partial charge in [-0.15, -0.1) is 0 Å². The highest BCUT2D eigenvalue weighted by atomic mass is 16.1. The Bertz CT molecular complexity index is 233. The van der Waals surface area contributed by atoms with Gasteiger partial charge in [0.25, 0.3) is 0 Å². The third kappa shape index (κ3) is 3.07. The topological polar surface area (TPSA) is 29.1 Å². The van der Waals surface area contributed by atoms with Crippen LogP contribution in [0.15, 0.2) is 0 Å². The molecule has 1 saturated heterocycles. The van der Waals surface area contributed by atoms with Gasteiger partial charge in [0.15, 0.2) is 0 Å². The van der Waals surface area contributed by atoms with Gasteiger partial charge < -0.3 is 5.32 Å². The molecule has 1 heterocycles. The number of ketones is 1. The minimum Gasteiger partial charge on any atom is -0.314 e. The molecule has 0 aromatic heterocycles. The Morgan fingerprint density at radius 2 is 2.00 bits per heavy atom. The molecule has 1 aliphatic carbocycles. The third-order valence-corrected chi connectivity index (χ3v) is 4.44. The van der Waals surface area contributed by atoms with E-state index in [4.69, 9.17) is 0 Å². The van der Waals surface area contributed by atoms with Gasteiger partial charge in [0.2, 0.25) is 0 Å². The molecule has 0 amide bonds. The van der Waals surface area contributed by atoms with E-state index < -0.39 is 0 Å². The van der Waals surface area contributed by atoms with Crippen LogP contribution in [-0.2, 0) is 4.79 Å². The van der Waals surface area contributed by atoms with E-state index in [0.717, 1.165) is 31.7 Å². The zero-order chi connectivity index (χ0) is 11.4. The van der Waals surface area contributed by atoms with Crippen molar-refractivity contribution in [3.63, 3.8) is 0 Å². The minimum atomic E-state index is 0.406. The first-order chi connectivity index (χ1) is 7.79. The Balaban J connectivity index is 1.77. The molecule has 2 aliphatic rings. The number of hydrogen-bond donors (Lipinski definition) is 1. The lowest BCUT2D eigenvalue weighted by Crippen LogP contribution is -2.40. The monoisotopic (exact) mass is 223 g/mol. The summed E-state index contributed by atoms with van der Waals surface area (Å²) in [6.07, 6.45) is 9.43. The lowest BCUT2D eigenvalue weighted by Gasteiger charge is -2.30. The van der Waals surface area contributed by atoms with E-state index in [1.54, 1.807) is 0 Å². The van der Waals surface area contributed by atoms with E-state index in [2.05, 4.69) is 12.2 Å². The summed E-state index contributed by atoms with van der Waals surface area (Å²) in [7, 11) is 0. The predicted molar refractivity (Wildman–Crippen MR) is 66.4 cm³/mol. The molecule has 2 heteroatoms. The van der Waals surface area contributed by atoms with E-state index in [9.17, 15) is 4.79 Å². The van der Waals surface area contributed by atoms with Crippen molar-refractivity contribution in [2.45, 2.75) is 64.3 Å². The Labute approximate surface area is 99.2 Å². The standard InChI is InChI=1S/C14H25NO/c1-2-11-7-8-15-13(9-11)10-14(16)12-5-3-4-6-12/h11-13,15H,2-10H2,1H3. The van der Waals surface area contributed by atoms with Crippen molar-refractivity contribution in [2.75, 3.05) is 6.54 Å². The second-order valence-electron chi connectivity index (χ2n) is 5.60. The molecular formula is C14H25NO. The van der Waals surface area contributed by atoms with Gasteiger partial charge in [0.1, 0.15) is 5.78 Å². The van der Waals surface area contributed by atoms with E-state index in [1.807, 2.05) is 0 Å². The van der Waals surface area contributed by atoms with Crippen LogP contribution in [0.1, 0.15) is 58.3 Å². The molecular weight excluding hydrogens is 198 g/mol. The number of carbonyl (C=O) groups excluding carboxylic acids is 1. The van der Waals surface area contributed by atoms with Gasteiger partial charge in [-0.1, -0.05) is 26.2 Å². The molecule has 1 saturated carbocycles. The second-order valence-corrected chi connectivity index (χ2v) is 5.60. The summed E-state index contributed by atoms with van der Waals surface area (Å²) >= 11 is 0. The van der Waals surface area contributed by atoms with Crippen molar-refractivity contribution in [3.8, 4) is 0 Å². The maximum Gasteiger partial charge on any atom is 0.137 e. The van der Waals surface area contributed by atoms with Crippen LogP contribution < -0.4 is 5.32 Å². The smallest absolute Gasteiger partial charge is 0.137 e. The number of hydrogen-bond acceptors (Lipinski definition) is 2. The summed E-state index contributed by atoms with van der Waals surface area (Å²) in [4.78, 5) is 12.1. The van der Waals surface area contributed by atoms with E-state index in [0.29, 0.717) is 17.7 Å². The zero-order valence-electron chi connectivity index (χ0n) is 10.5. The maximum atomic E-state index is 12.1. The normalized spacial score (nSPS) is 31.8. The van der Waals surface area contributed by atoms with E-state index >= 15 is 0 Å². The molecule has 2 rings (SSSR count). The third-order valence-electron chi connectivity index (χ3n) is 4.44. The van der Waals surface area contributed by atoms with Crippen molar-refractivity contribution in [3.05, 3.63) is 0 Å². The fourth-order valence-corrected chi connectivity index (χ4v) is 3.28. The molecule has 0 aromatic rings. The van der Waals surface area contributed by atoms with Crippen molar-refractivity contribution in [2.24, 2.45) is 11.8 Å². The summed E-state index contributed by atoms with van der Waals surface area (Å²) in [6, 6.07) is 0.479. The highest BCUT2D eigenvalue weighted by Crippen LogP contribution is 2.28. The van der Waals surface area contributed by atoms with E-state index in [1.165, 1.54) is 32.1 Å². The quantitative estimate of drug-likeness (QED) is 0.794. The Morgan fingerprint density at radius 1 is 1.25 bits per heavy atom. The molecule has 2 unspecified atom stereocenters. The minimum absolute atomic E-state index is 0.406. The fraction of sp³-hybridized carbons (Fsp3) is 0.929. The molecule has 2 atom stereocenters. The van der Waals surface area contributed by atoms with Crippen molar-refractivity contribution in [1.82, 2.24) is 5.32 Å². The molecule has 1 aliphatic heterocycles. The highest BCUT2D eigenvalue weighted by molar-refractivity contribution is 5.81. The molecule has 1 N–H and O–H groups in total. The van der Waals surface area contributed by atoms with Crippen molar-refractivity contribution < 1.29 is 4.79 Å². The van der Waals surface area contributed by atoms with Crippen molar-refractivity contribution >= 4 is 5.78 Å². The van der Waals surface area contributed by atoms with E-state index in [-0.39, 0.29) is 0 Å². The fourth-order valence-electron chi connectivity index (χ4n) is 3.28. The van der Waals surface area contributed by atoms with Crippen LogP contribution in [0.3, 0.4) is 0 Å². The average Bonchev–Trinajstić information content (AvgIpc) is 2.83. The molecule has 0 spiro atoms. The number of rotatable bonds is 4. The first-order valence-corrected chi connectivity index (χ1v) is 7.05. The highest BCUT2D eigenvalue weighted by Gasteiger charge is 2.27. The number of carbonyl (C=O) groups is 1. The van der Waals surface area contributed by atoms with Gasteiger partial charge in [-0.25, -0.2) is 0 Å². The molecule has 0 radical (unpaired) electrons. The van der Waals surface area contributed by atoms with Gasteiger partial charge in [-0.2, -0.15) is 0 Å². The summed E-state index contributed by atoms with van der Waals surface area (Å²) in [5.41, 5.74) is 0. The molecule has 0 bridgehead atoms. The Kier molecular flexibility index (Phi) is 4.39. The molecule has 2 fully saturated rings. The first-order valence-electron chi connectivity index (χ1n) is 7.05. The van der Waals surface area contributed by atoms with Crippen LogP contribution in [0.4, 0.5) is 0 Å². The molecule has 2 nitrogen and oxygen atoms in total. The largest absolute Gasteiger partial charge is 0.314 e. The molecule has 0 aromatic carbocycles. The summed E-state index contributed by atoms with van der Waals surface area (Å²) in [5, 5.41) is 3.52. The van der Waals surface area contributed by atoms with Crippen LogP contribution in [0.2, 0.25) is 0 Å². The Hall–Kier alpha value is -0.370. The van der Waals surface area contributed by atoms with Gasteiger partial charge >= 0.3 is 0 Å². The van der Waals surface area contributed by atoms with Gasteiger partial charge in [0, 0.05) is 18.4 Å². The number of Topliss-reactive ketones (excluding diaryl/α,β-unsaturated/α-hetero) is 1. The predicted octanol–water partition coefficient (Wildman–Crippen LogP) is 2.91. The lowest BCUT2D eigenvalue weighted by atomic mass is 9.86. The van der Waals surface area contributed by atoms with Crippen LogP contribution in [-0.4, -0.2) is 18.4 Å². The van der Waals surface area contributed by atoms with Gasteiger partial charge in [-0.3, -0.25) is 4.79 Å². The summed E-state index contributed by atoms with van der Waals surface area (Å²) in [6.45, 7) is 3.38. The second kappa shape index (κ2) is 5.81. The van der Waals surface area contributed by atoms with Crippen LogP contribution >= 0.6 is 0 Å². The van der Waals surface area contributed by atoms with Crippen molar-refractivity contribution in [1.29, 1.82) is 0 Å². The molecule has 16 heavy (non-hydrogen) atoms. The molecule has 92 valence electrons. The SMILES string of the molecule is CCC1CCNC(CC(=O)C2CCCC2)C1. The summed E-state index contributed by atoms with van der Waals surface area (Å²) < 4.78 is 0. The van der Waals surface area contributed by atoms with Crippen LogP contribution in [0, 0.1) is 11.8 Å². The zero-order valence-corrected chi connectivity index (χ0v) is 10.5. The first kappa shape index (κ1) is 12.1.